The minimum atomic E-state index is -0.631. The molecular formula is C23H26N2O4S. The Labute approximate surface area is 180 Å². The molecule has 3 heterocycles. The van der Waals surface area contributed by atoms with E-state index in [1.54, 1.807) is 16.2 Å². The number of para-hydroxylation sites is 2. The monoisotopic (exact) mass is 426 g/mol. The smallest absolute Gasteiger partial charge is 0.267 e. The average Bonchev–Trinajstić information content (AvgIpc) is 3.21. The van der Waals surface area contributed by atoms with Crippen molar-refractivity contribution in [3.05, 3.63) is 45.6 Å². The van der Waals surface area contributed by atoms with E-state index in [4.69, 9.17) is 9.47 Å². The molecule has 0 spiro atoms. The molecule has 1 aromatic heterocycles. The molecule has 2 atom stereocenters. The molecule has 5 rings (SSSR count). The molecule has 1 saturated heterocycles. The van der Waals surface area contributed by atoms with Crippen molar-refractivity contribution in [3.63, 3.8) is 0 Å². The van der Waals surface area contributed by atoms with Gasteiger partial charge in [0, 0.05) is 31.1 Å². The third kappa shape index (κ3) is 3.67. The number of carbonyl (C=O) groups is 2. The van der Waals surface area contributed by atoms with Gasteiger partial charge in [-0.25, -0.2) is 0 Å². The number of fused-ring (bicyclic) bond motifs is 2. The first-order valence-corrected chi connectivity index (χ1v) is 11.5. The third-order valence-electron chi connectivity index (χ3n) is 6.20. The summed E-state index contributed by atoms with van der Waals surface area (Å²) in [7, 11) is 0. The van der Waals surface area contributed by atoms with E-state index in [0.29, 0.717) is 43.6 Å². The topological polar surface area (TPSA) is 59.1 Å². The predicted octanol–water partition coefficient (Wildman–Crippen LogP) is 3.00. The van der Waals surface area contributed by atoms with Gasteiger partial charge in [-0.1, -0.05) is 19.1 Å². The predicted molar refractivity (Wildman–Crippen MR) is 114 cm³/mol. The Morgan fingerprint density at radius 3 is 2.60 bits per heavy atom. The minimum Gasteiger partial charge on any atom is -0.485 e. The van der Waals surface area contributed by atoms with Gasteiger partial charge in [-0.2, -0.15) is 0 Å². The Kier molecular flexibility index (Phi) is 5.15. The lowest BCUT2D eigenvalue weighted by atomic mass is 9.90. The quantitative estimate of drug-likeness (QED) is 0.741. The van der Waals surface area contributed by atoms with E-state index in [2.05, 4.69) is 13.0 Å². The fraction of sp³-hybridized carbons (Fsp3) is 0.478. The second-order valence-electron chi connectivity index (χ2n) is 8.39. The van der Waals surface area contributed by atoms with E-state index < -0.39 is 6.10 Å². The van der Waals surface area contributed by atoms with Crippen molar-refractivity contribution >= 4 is 23.2 Å². The van der Waals surface area contributed by atoms with Crippen molar-refractivity contribution in [1.29, 1.82) is 0 Å². The summed E-state index contributed by atoms with van der Waals surface area (Å²) in [5.74, 6) is 2.00. The van der Waals surface area contributed by atoms with Crippen molar-refractivity contribution in [2.24, 2.45) is 5.92 Å². The molecule has 30 heavy (non-hydrogen) atoms. The van der Waals surface area contributed by atoms with Crippen LogP contribution in [0.2, 0.25) is 0 Å². The number of carbonyl (C=O) groups excluding carboxylic acids is 2. The number of hydrogen-bond acceptors (Lipinski definition) is 5. The largest absolute Gasteiger partial charge is 0.485 e. The molecule has 0 bridgehead atoms. The maximum absolute atomic E-state index is 13.0. The summed E-state index contributed by atoms with van der Waals surface area (Å²) in [5.41, 5.74) is 1.35. The molecule has 0 unspecified atom stereocenters. The molecule has 2 aromatic rings. The van der Waals surface area contributed by atoms with Crippen LogP contribution in [0.1, 0.15) is 33.5 Å². The van der Waals surface area contributed by atoms with E-state index in [0.717, 1.165) is 17.7 Å². The zero-order valence-corrected chi connectivity index (χ0v) is 18.0. The zero-order valence-electron chi connectivity index (χ0n) is 17.1. The Morgan fingerprint density at radius 2 is 1.80 bits per heavy atom. The highest BCUT2D eigenvalue weighted by atomic mass is 32.1. The van der Waals surface area contributed by atoms with Crippen LogP contribution >= 0.6 is 11.3 Å². The molecule has 3 aliphatic rings. The summed E-state index contributed by atoms with van der Waals surface area (Å²) < 4.78 is 11.5. The minimum absolute atomic E-state index is 0.0721. The first-order chi connectivity index (χ1) is 14.6. The van der Waals surface area contributed by atoms with Gasteiger partial charge in [-0.05, 0) is 48.9 Å². The first-order valence-electron chi connectivity index (χ1n) is 10.7. The summed E-state index contributed by atoms with van der Waals surface area (Å²) in [6.07, 6.45) is 2.74. The SMILES string of the molecule is C[C@@H]1CCc2sc(C(=O)N3CCN(C(=O)[C@H]4COc5ccccc5O4)CC3)cc2C1. The van der Waals surface area contributed by atoms with E-state index in [9.17, 15) is 9.59 Å². The number of nitrogens with zero attached hydrogens (tertiary/aromatic N) is 2. The summed E-state index contributed by atoms with van der Waals surface area (Å²) in [6.45, 7) is 4.63. The summed E-state index contributed by atoms with van der Waals surface area (Å²) in [5, 5.41) is 0. The molecule has 2 amide bonds. The van der Waals surface area contributed by atoms with Gasteiger partial charge in [0.15, 0.2) is 11.5 Å². The molecule has 158 valence electrons. The Balaban J connectivity index is 1.18. The highest BCUT2D eigenvalue weighted by Crippen LogP contribution is 2.33. The number of hydrogen-bond donors (Lipinski definition) is 0. The second-order valence-corrected chi connectivity index (χ2v) is 9.53. The normalized spacial score (nSPS) is 23.1. The van der Waals surface area contributed by atoms with E-state index >= 15 is 0 Å². The highest BCUT2D eigenvalue weighted by molar-refractivity contribution is 7.14. The number of aryl methyl sites for hydroxylation is 1. The summed E-state index contributed by atoms with van der Waals surface area (Å²) in [6, 6.07) is 9.49. The number of benzene rings is 1. The molecule has 1 fully saturated rings. The molecule has 6 nitrogen and oxygen atoms in total. The molecule has 2 aliphatic heterocycles. The van der Waals surface area contributed by atoms with Crippen molar-refractivity contribution in [2.75, 3.05) is 32.8 Å². The van der Waals surface area contributed by atoms with E-state index in [-0.39, 0.29) is 18.4 Å². The standard InChI is InChI=1S/C23H26N2O4S/c1-15-6-7-20-16(12-15)13-21(30-20)23(27)25-10-8-24(9-11-25)22(26)19-14-28-17-4-2-3-5-18(17)29-19/h2-5,13,15,19H,6-12,14H2,1H3/t15-,19-/m1/s1. The van der Waals surface area contributed by atoms with Gasteiger partial charge < -0.3 is 19.3 Å². The second kappa shape index (κ2) is 7.95. The lowest BCUT2D eigenvalue weighted by molar-refractivity contribution is -0.142. The average molecular weight is 427 g/mol. The van der Waals surface area contributed by atoms with Crippen LogP contribution in [0.5, 0.6) is 11.5 Å². The van der Waals surface area contributed by atoms with Crippen LogP contribution < -0.4 is 9.47 Å². The van der Waals surface area contributed by atoms with Crippen molar-refractivity contribution in [2.45, 2.75) is 32.3 Å². The molecular weight excluding hydrogens is 400 g/mol. The maximum Gasteiger partial charge on any atom is 0.267 e. The fourth-order valence-electron chi connectivity index (χ4n) is 4.44. The number of rotatable bonds is 2. The Hall–Kier alpha value is -2.54. The number of amides is 2. The van der Waals surface area contributed by atoms with Crippen LogP contribution in [0.3, 0.4) is 0 Å². The van der Waals surface area contributed by atoms with Gasteiger partial charge in [0.25, 0.3) is 11.8 Å². The number of piperazine rings is 1. The number of thiophene rings is 1. The lowest BCUT2D eigenvalue weighted by Gasteiger charge is -2.37. The molecule has 0 saturated carbocycles. The van der Waals surface area contributed by atoms with E-state index in [1.165, 1.54) is 16.9 Å². The van der Waals surface area contributed by atoms with Crippen LogP contribution in [-0.2, 0) is 17.6 Å². The lowest BCUT2D eigenvalue weighted by Crippen LogP contribution is -2.55. The summed E-state index contributed by atoms with van der Waals surface area (Å²) in [4.78, 5) is 31.8. The van der Waals surface area contributed by atoms with Crippen LogP contribution in [0.15, 0.2) is 30.3 Å². The molecule has 0 N–H and O–H groups in total. The first kappa shape index (κ1) is 19.4. The van der Waals surface area contributed by atoms with Crippen molar-refractivity contribution in [1.82, 2.24) is 9.80 Å². The molecule has 7 heteroatoms. The Bertz CT molecular complexity index is 964. The molecule has 0 radical (unpaired) electrons. The molecule has 1 aliphatic carbocycles. The van der Waals surface area contributed by atoms with Gasteiger partial charge in [0.05, 0.1) is 4.88 Å². The molecule has 1 aromatic carbocycles. The zero-order chi connectivity index (χ0) is 20.7. The number of ether oxygens (including phenoxy) is 2. The van der Waals surface area contributed by atoms with Crippen molar-refractivity contribution < 1.29 is 19.1 Å². The van der Waals surface area contributed by atoms with Gasteiger partial charge in [-0.3, -0.25) is 9.59 Å². The van der Waals surface area contributed by atoms with Crippen LogP contribution in [0, 0.1) is 5.92 Å². The van der Waals surface area contributed by atoms with Gasteiger partial charge in [0.1, 0.15) is 6.61 Å². The van der Waals surface area contributed by atoms with Crippen LogP contribution in [-0.4, -0.2) is 60.5 Å². The fourth-order valence-corrected chi connectivity index (χ4v) is 5.62. The van der Waals surface area contributed by atoms with Crippen molar-refractivity contribution in [3.8, 4) is 11.5 Å². The van der Waals surface area contributed by atoms with Gasteiger partial charge >= 0.3 is 0 Å². The van der Waals surface area contributed by atoms with Gasteiger partial charge in [-0.15, -0.1) is 11.3 Å². The maximum atomic E-state index is 13.0. The van der Waals surface area contributed by atoms with Gasteiger partial charge in [0.2, 0.25) is 6.10 Å². The summed E-state index contributed by atoms with van der Waals surface area (Å²) >= 11 is 1.65. The van der Waals surface area contributed by atoms with Crippen LogP contribution in [0.4, 0.5) is 0 Å². The van der Waals surface area contributed by atoms with E-state index in [1.807, 2.05) is 29.2 Å². The third-order valence-corrected chi connectivity index (χ3v) is 7.43. The Morgan fingerprint density at radius 1 is 1.07 bits per heavy atom. The highest BCUT2D eigenvalue weighted by Gasteiger charge is 2.34. The van der Waals surface area contributed by atoms with Crippen LogP contribution in [0.25, 0.3) is 0 Å².